The summed E-state index contributed by atoms with van der Waals surface area (Å²) in [5.74, 6) is -0.236. The SMILES string of the molecule is CCCOCCCC(=O)c1ccc(Cc2nccn3c(-c4cn(CC(C)=O)nc4C(F)(F)F)cnc23)cc1CC. The van der Waals surface area contributed by atoms with Crippen LogP contribution in [-0.4, -0.2) is 48.9 Å². The molecule has 0 unspecified atom stereocenters. The number of carbonyl (C=O) groups excluding carboxylic acids is 2. The third-order valence-corrected chi connectivity index (χ3v) is 6.46. The van der Waals surface area contributed by atoms with Crippen LogP contribution < -0.4 is 0 Å². The number of halogens is 3. The molecule has 40 heavy (non-hydrogen) atoms. The van der Waals surface area contributed by atoms with Gasteiger partial charge in [0.2, 0.25) is 0 Å². The Morgan fingerprint density at radius 2 is 1.90 bits per heavy atom. The molecule has 0 amide bonds. The molecule has 0 atom stereocenters. The number of rotatable bonds is 13. The highest BCUT2D eigenvalue weighted by molar-refractivity contribution is 5.97. The van der Waals surface area contributed by atoms with Crippen molar-refractivity contribution in [3.63, 3.8) is 0 Å². The first-order chi connectivity index (χ1) is 19.1. The first kappa shape index (κ1) is 29.1. The maximum absolute atomic E-state index is 13.8. The maximum Gasteiger partial charge on any atom is 0.435 e. The number of nitrogens with zero attached hydrogens (tertiary/aromatic N) is 5. The van der Waals surface area contributed by atoms with Crippen molar-refractivity contribution in [2.45, 2.75) is 65.6 Å². The number of carbonyl (C=O) groups is 2. The summed E-state index contributed by atoms with van der Waals surface area (Å²) in [7, 11) is 0. The van der Waals surface area contributed by atoms with Crippen molar-refractivity contribution in [1.29, 1.82) is 0 Å². The number of aromatic nitrogens is 5. The lowest BCUT2D eigenvalue weighted by atomic mass is 9.95. The van der Waals surface area contributed by atoms with Crippen LogP contribution in [0, 0.1) is 0 Å². The fourth-order valence-electron chi connectivity index (χ4n) is 4.66. The summed E-state index contributed by atoms with van der Waals surface area (Å²) < 4.78 is 49.4. The summed E-state index contributed by atoms with van der Waals surface area (Å²) in [4.78, 5) is 33.1. The van der Waals surface area contributed by atoms with Gasteiger partial charge in [-0.3, -0.25) is 23.7 Å². The highest BCUT2D eigenvalue weighted by Crippen LogP contribution is 2.36. The second-order valence-corrected chi connectivity index (χ2v) is 9.66. The molecule has 1 aromatic carbocycles. The number of fused-ring (bicyclic) bond motifs is 1. The fourth-order valence-corrected chi connectivity index (χ4v) is 4.66. The lowest BCUT2D eigenvalue weighted by Gasteiger charge is -2.11. The Bertz CT molecular complexity index is 1510. The van der Waals surface area contributed by atoms with Crippen LogP contribution >= 0.6 is 0 Å². The van der Waals surface area contributed by atoms with Crippen molar-refractivity contribution in [1.82, 2.24) is 24.1 Å². The average Bonchev–Trinajstić information content (AvgIpc) is 3.52. The van der Waals surface area contributed by atoms with E-state index in [4.69, 9.17) is 4.74 Å². The molecule has 0 fully saturated rings. The summed E-state index contributed by atoms with van der Waals surface area (Å²) in [6.45, 7) is 6.30. The van der Waals surface area contributed by atoms with Crippen molar-refractivity contribution in [2.75, 3.05) is 13.2 Å². The van der Waals surface area contributed by atoms with Gasteiger partial charge in [0.25, 0.3) is 0 Å². The molecule has 0 saturated heterocycles. The van der Waals surface area contributed by atoms with E-state index in [1.165, 1.54) is 25.5 Å². The Morgan fingerprint density at radius 3 is 2.60 bits per heavy atom. The van der Waals surface area contributed by atoms with E-state index in [9.17, 15) is 22.8 Å². The number of ether oxygens (including phenoxy) is 1. The maximum atomic E-state index is 13.8. The van der Waals surface area contributed by atoms with Crippen LogP contribution in [0.15, 0.2) is 43.0 Å². The quantitative estimate of drug-likeness (QED) is 0.154. The number of ketones is 2. The van der Waals surface area contributed by atoms with Crippen LogP contribution in [0.25, 0.3) is 16.9 Å². The predicted molar refractivity (Wildman–Crippen MR) is 143 cm³/mol. The Morgan fingerprint density at radius 1 is 1.10 bits per heavy atom. The van der Waals surface area contributed by atoms with E-state index in [1.54, 1.807) is 10.6 Å². The molecule has 3 aromatic heterocycles. The lowest BCUT2D eigenvalue weighted by Crippen LogP contribution is -2.11. The van der Waals surface area contributed by atoms with Gasteiger partial charge >= 0.3 is 6.18 Å². The number of hydrogen-bond acceptors (Lipinski definition) is 6. The van der Waals surface area contributed by atoms with Gasteiger partial charge in [-0.05, 0) is 37.3 Å². The summed E-state index contributed by atoms with van der Waals surface area (Å²) >= 11 is 0. The first-order valence-electron chi connectivity index (χ1n) is 13.3. The lowest BCUT2D eigenvalue weighted by molar-refractivity contribution is -0.141. The van der Waals surface area contributed by atoms with Crippen molar-refractivity contribution in [3.8, 4) is 11.3 Å². The molecule has 4 aromatic rings. The summed E-state index contributed by atoms with van der Waals surface area (Å²) in [6.07, 6.45) is 4.00. The van der Waals surface area contributed by atoms with Gasteiger partial charge in [0.1, 0.15) is 0 Å². The van der Waals surface area contributed by atoms with Crippen LogP contribution in [0.1, 0.15) is 72.9 Å². The average molecular weight is 556 g/mol. The number of Topliss-reactive ketones (excluding diaryl/α,β-unsaturated/α-hetero) is 2. The van der Waals surface area contributed by atoms with Crippen LogP contribution in [0.2, 0.25) is 0 Å². The normalized spacial score (nSPS) is 11.8. The van der Waals surface area contributed by atoms with Crippen molar-refractivity contribution in [3.05, 3.63) is 71.1 Å². The third kappa shape index (κ3) is 6.64. The van der Waals surface area contributed by atoms with Gasteiger partial charge in [0.15, 0.2) is 22.9 Å². The number of aryl methyl sites for hydroxylation is 1. The zero-order valence-corrected chi connectivity index (χ0v) is 22.8. The highest BCUT2D eigenvalue weighted by Gasteiger charge is 2.38. The zero-order chi connectivity index (χ0) is 28.9. The second kappa shape index (κ2) is 12.5. The van der Waals surface area contributed by atoms with Gasteiger partial charge < -0.3 is 4.74 Å². The summed E-state index contributed by atoms with van der Waals surface area (Å²) in [6, 6.07) is 5.69. The summed E-state index contributed by atoms with van der Waals surface area (Å²) in [5, 5.41) is 3.63. The molecule has 0 spiro atoms. The number of benzene rings is 1. The van der Waals surface area contributed by atoms with Crippen molar-refractivity contribution in [2.24, 2.45) is 0 Å². The highest BCUT2D eigenvalue weighted by atomic mass is 19.4. The van der Waals surface area contributed by atoms with E-state index in [0.29, 0.717) is 55.8 Å². The molecule has 11 heteroatoms. The topological polar surface area (TPSA) is 91.4 Å². The van der Waals surface area contributed by atoms with Gasteiger partial charge in [-0.2, -0.15) is 18.3 Å². The van der Waals surface area contributed by atoms with E-state index < -0.39 is 11.9 Å². The van der Waals surface area contributed by atoms with E-state index >= 15 is 0 Å². The Labute approximate surface area is 230 Å². The summed E-state index contributed by atoms with van der Waals surface area (Å²) in [5.41, 5.74) is 2.46. The van der Waals surface area contributed by atoms with Crippen molar-refractivity contribution < 1.29 is 27.5 Å². The minimum absolute atomic E-state index is 0.0763. The molecule has 0 aliphatic heterocycles. The van der Waals surface area contributed by atoms with Gasteiger partial charge in [0, 0.05) is 50.2 Å². The van der Waals surface area contributed by atoms with Gasteiger partial charge in [-0.1, -0.05) is 32.0 Å². The molecule has 0 bridgehead atoms. The van der Waals surface area contributed by atoms with E-state index in [0.717, 1.165) is 22.2 Å². The molecule has 4 rings (SSSR count). The first-order valence-corrected chi connectivity index (χ1v) is 13.3. The molecule has 212 valence electrons. The number of imidazole rings is 1. The molecular formula is C29H32F3N5O3. The Balaban J connectivity index is 1.61. The molecule has 0 aliphatic carbocycles. The van der Waals surface area contributed by atoms with E-state index in [1.807, 2.05) is 32.0 Å². The molecule has 0 aliphatic rings. The van der Waals surface area contributed by atoms with Gasteiger partial charge in [-0.15, -0.1) is 0 Å². The van der Waals surface area contributed by atoms with Crippen LogP contribution in [-0.2, 0) is 35.1 Å². The Hall–Kier alpha value is -3.86. The molecule has 3 heterocycles. The smallest absolute Gasteiger partial charge is 0.381 e. The van der Waals surface area contributed by atoms with Crippen molar-refractivity contribution >= 4 is 17.2 Å². The minimum Gasteiger partial charge on any atom is -0.381 e. The molecule has 0 saturated carbocycles. The minimum atomic E-state index is -4.71. The zero-order valence-electron chi connectivity index (χ0n) is 22.8. The monoisotopic (exact) mass is 555 g/mol. The standard InChI is InChI=1S/C29H32F3N5O3/c1-4-12-40-13-6-7-26(39)22-9-8-20(14-21(22)5-2)15-24-28-34-16-25(37(28)11-10-33-24)23-18-36(17-19(3)38)35-27(23)29(30,31)32/h8-11,14,16,18H,4-7,12-13,15,17H2,1-3H3. The van der Waals surface area contributed by atoms with Crippen LogP contribution in [0.4, 0.5) is 13.2 Å². The van der Waals surface area contributed by atoms with Gasteiger partial charge in [0.05, 0.1) is 29.7 Å². The molecule has 0 N–H and O–H groups in total. The Kier molecular flexibility index (Phi) is 9.14. The second-order valence-electron chi connectivity index (χ2n) is 9.66. The van der Waals surface area contributed by atoms with Gasteiger partial charge in [-0.25, -0.2) is 4.98 Å². The van der Waals surface area contributed by atoms with E-state index in [2.05, 4.69) is 15.1 Å². The third-order valence-electron chi connectivity index (χ3n) is 6.46. The van der Waals surface area contributed by atoms with E-state index in [-0.39, 0.29) is 29.4 Å². The number of alkyl halides is 3. The molecule has 8 nitrogen and oxygen atoms in total. The molecular weight excluding hydrogens is 523 g/mol. The molecule has 0 radical (unpaired) electrons. The fraction of sp³-hybridized carbons (Fsp3) is 0.414. The van der Waals surface area contributed by atoms with Crippen LogP contribution in [0.3, 0.4) is 0 Å². The van der Waals surface area contributed by atoms with Crippen LogP contribution in [0.5, 0.6) is 0 Å². The number of hydrogen-bond donors (Lipinski definition) is 0. The predicted octanol–water partition coefficient (Wildman–Crippen LogP) is 5.74. The largest absolute Gasteiger partial charge is 0.435 e.